The minimum absolute atomic E-state index is 0.0142. The molecule has 5 aliphatic carbocycles. The second-order valence-electron chi connectivity index (χ2n) is 14.8. The van der Waals surface area contributed by atoms with E-state index in [1.165, 1.54) is 7.11 Å². The molecule has 0 bridgehead atoms. The molecule has 5 aliphatic rings. The lowest BCUT2D eigenvalue weighted by Crippen LogP contribution is -2.67. The molecule has 0 aliphatic heterocycles. The molecule has 4 saturated carbocycles. The number of ketones is 3. The molecule has 0 spiro atoms. The van der Waals surface area contributed by atoms with Gasteiger partial charge in [-0.05, 0) is 91.6 Å². The van der Waals surface area contributed by atoms with Gasteiger partial charge >= 0.3 is 5.97 Å². The van der Waals surface area contributed by atoms with Crippen LogP contribution in [0, 0.1) is 50.2 Å². The number of Topliss-reactive ketones (excluding diaryl/α,β-unsaturated/α-hetero) is 2. The van der Waals surface area contributed by atoms with Gasteiger partial charge in [0.2, 0.25) is 11.6 Å². The predicted octanol–water partition coefficient (Wildman–Crippen LogP) is 5.03. The molecule has 5 rings (SSSR count). The second-order valence-corrected chi connectivity index (χ2v) is 14.8. The van der Waals surface area contributed by atoms with Crippen LogP contribution in [0.5, 0.6) is 0 Å². The van der Waals surface area contributed by atoms with Crippen molar-refractivity contribution < 1.29 is 29.0 Å². The molecular formula is C32H44O6. The van der Waals surface area contributed by atoms with Crippen LogP contribution in [0.25, 0.3) is 0 Å². The first-order chi connectivity index (χ1) is 17.5. The van der Waals surface area contributed by atoms with Crippen LogP contribution in [0.15, 0.2) is 23.8 Å². The molecule has 0 aromatic rings. The van der Waals surface area contributed by atoms with Gasteiger partial charge in [0.15, 0.2) is 5.78 Å². The molecule has 0 amide bonds. The molecule has 208 valence electrons. The van der Waals surface area contributed by atoms with Gasteiger partial charge in [0.25, 0.3) is 0 Å². The number of ether oxygens (including phenoxy) is 1. The molecule has 8 unspecified atom stereocenters. The highest BCUT2D eigenvalue weighted by Gasteiger charge is 2.72. The van der Waals surface area contributed by atoms with Crippen molar-refractivity contribution in [3.8, 4) is 0 Å². The van der Waals surface area contributed by atoms with Gasteiger partial charge in [0, 0.05) is 16.9 Å². The molecule has 6 nitrogen and oxygen atoms in total. The van der Waals surface area contributed by atoms with Gasteiger partial charge in [0.05, 0.1) is 24.5 Å². The van der Waals surface area contributed by atoms with E-state index in [4.69, 9.17) is 4.74 Å². The largest absolute Gasteiger partial charge is 0.469 e. The fourth-order valence-electron chi connectivity index (χ4n) is 10.2. The molecule has 1 N–H and O–H groups in total. The lowest BCUT2D eigenvalue weighted by molar-refractivity contribution is -0.192. The summed E-state index contributed by atoms with van der Waals surface area (Å²) in [5.74, 6) is -2.16. The summed E-state index contributed by atoms with van der Waals surface area (Å²) in [6.45, 7) is 16.3. The monoisotopic (exact) mass is 524 g/mol. The van der Waals surface area contributed by atoms with Gasteiger partial charge in [0.1, 0.15) is 0 Å². The number of rotatable bonds is 2. The highest BCUT2D eigenvalue weighted by Crippen LogP contribution is 2.75. The lowest BCUT2D eigenvalue weighted by atomic mass is 9.33. The van der Waals surface area contributed by atoms with Gasteiger partial charge in [-0.2, -0.15) is 0 Å². The smallest absolute Gasteiger partial charge is 0.312 e. The molecule has 0 saturated heterocycles. The summed E-state index contributed by atoms with van der Waals surface area (Å²) in [4.78, 5) is 54.2. The Kier molecular flexibility index (Phi) is 5.78. The third-order valence-corrected chi connectivity index (χ3v) is 12.9. The standard InChI is InChI=1S/C32H44O6/c1-18-24(35)25(36)28(4,17-33)21-9-10-29(5)22(31(18,21)7)15-20(34)23-19-16-27(2,3)11-13-32(19,26(37)38-8)14-12-30(23,29)6/h15,19,21,23,33H,1,9-14,16-17H2,2-8H3. The maximum absolute atomic E-state index is 14.4. The van der Waals surface area contributed by atoms with E-state index in [0.29, 0.717) is 19.3 Å². The highest BCUT2D eigenvalue weighted by atomic mass is 16.5. The van der Waals surface area contributed by atoms with Gasteiger partial charge in [-0.25, -0.2) is 0 Å². The molecule has 38 heavy (non-hydrogen) atoms. The SMILES string of the molecule is C=C1C(=O)C(=O)C(C)(CO)C2CCC3(C)C(=CC(=O)C4C5CC(C)(C)CCC5(C(=O)OC)CCC43C)C12C. The Morgan fingerprint density at radius 2 is 1.66 bits per heavy atom. The van der Waals surface area contributed by atoms with Crippen molar-refractivity contribution in [3.05, 3.63) is 23.8 Å². The molecule has 0 heterocycles. The zero-order valence-corrected chi connectivity index (χ0v) is 24.2. The Labute approximate surface area is 226 Å². The van der Waals surface area contributed by atoms with Crippen molar-refractivity contribution in [2.45, 2.75) is 86.5 Å². The minimum atomic E-state index is -1.21. The molecule has 6 heteroatoms. The van der Waals surface area contributed by atoms with E-state index in [1.54, 1.807) is 13.0 Å². The second kappa shape index (κ2) is 7.99. The van der Waals surface area contributed by atoms with Crippen molar-refractivity contribution in [2.24, 2.45) is 50.2 Å². The summed E-state index contributed by atoms with van der Waals surface area (Å²) < 4.78 is 5.39. The van der Waals surface area contributed by atoms with Crippen LogP contribution in [0.4, 0.5) is 0 Å². The molecule has 0 aromatic carbocycles. The third kappa shape index (κ3) is 2.99. The molecule has 0 radical (unpaired) electrons. The van der Waals surface area contributed by atoms with Gasteiger partial charge in [-0.3, -0.25) is 19.2 Å². The van der Waals surface area contributed by atoms with Gasteiger partial charge in [-0.1, -0.05) is 41.2 Å². The van der Waals surface area contributed by atoms with Crippen molar-refractivity contribution in [3.63, 3.8) is 0 Å². The van der Waals surface area contributed by atoms with Crippen LogP contribution in [0.3, 0.4) is 0 Å². The topological polar surface area (TPSA) is 97.7 Å². The lowest BCUT2D eigenvalue weighted by Gasteiger charge is -2.69. The van der Waals surface area contributed by atoms with Crippen molar-refractivity contribution >= 4 is 23.3 Å². The Hall–Kier alpha value is -2.08. The zero-order valence-electron chi connectivity index (χ0n) is 24.2. The number of esters is 1. The van der Waals surface area contributed by atoms with Crippen LogP contribution in [-0.4, -0.2) is 42.1 Å². The fraction of sp³-hybridized carbons (Fsp3) is 0.750. The van der Waals surface area contributed by atoms with E-state index in [2.05, 4.69) is 34.3 Å². The van der Waals surface area contributed by atoms with E-state index < -0.39 is 45.2 Å². The molecule has 4 fully saturated rings. The number of hydrogen-bond donors (Lipinski definition) is 1. The Bertz CT molecular complexity index is 1190. The summed E-state index contributed by atoms with van der Waals surface area (Å²) in [6.07, 6.45) is 6.97. The van der Waals surface area contributed by atoms with E-state index in [1.807, 2.05) is 6.92 Å². The minimum Gasteiger partial charge on any atom is -0.469 e. The van der Waals surface area contributed by atoms with E-state index in [9.17, 15) is 24.3 Å². The predicted molar refractivity (Wildman–Crippen MR) is 143 cm³/mol. The summed E-state index contributed by atoms with van der Waals surface area (Å²) in [5.41, 5.74) is -2.49. The van der Waals surface area contributed by atoms with Crippen LogP contribution >= 0.6 is 0 Å². The zero-order chi connectivity index (χ0) is 28.3. The van der Waals surface area contributed by atoms with Crippen molar-refractivity contribution in [1.82, 2.24) is 0 Å². The number of fused-ring (bicyclic) bond motifs is 7. The molecular weight excluding hydrogens is 480 g/mol. The third-order valence-electron chi connectivity index (χ3n) is 12.9. The van der Waals surface area contributed by atoms with E-state index >= 15 is 0 Å². The summed E-state index contributed by atoms with van der Waals surface area (Å²) in [6, 6.07) is 0. The average molecular weight is 525 g/mol. The Balaban J connectivity index is 1.70. The fourth-order valence-corrected chi connectivity index (χ4v) is 10.2. The number of aliphatic hydroxyl groups excluding tert-OH is 1. The summed E-state index contributed by atoms with van der Waals surface area (Å²) in [5, 5.41) is 10.4. The molecule has 8 atom stereocenters. The van der Waals surface area contributed by atoms with Crippen molar-refractivity contribution in [2.75, 3.05) is 13.7 Å². The molecule has 0 aromatic heterocycles. The number of carbonyl (C=O) groups is 4. The van der Waals surface area contributed by atoms with E-state index in [0.717, 1.165) is 31.3 Å². The van der Waals surface area contributed by atoms with Crippen LogP contribution in [-0.2, 0) is 23.9 Å². The number of aliphatic hydroxyl groups is 1. The summed E-state index contributed by atoms with van der Waals surface area (Å²) >= 11 is 0. The Morgan fingerprint density at radius 1 is 1.03 bits per heavy atom. The first kappa shape index (κ1) is 27.5. The number of methoxy groups -OCH3 is 1. The quantitative estimate of drug-likeness (QED) is 0.309. The highest BCUT2D eigenvalue weighted by molar-refractivity contribution is 6.46. The van der Waals surface area contributed by atoms with Crippen LogP contribution in [0.2, 0.25) is 0 Å². The summed E-state index contributed by atoms with van der Waals surface area (Å²) in [7, 11) is 1.46. The maximum atomic E-state index is 14.4. The number of carbonyl (C=O) groups excluding carboxylic acids is 4. The first-order valence-corrected chi connectivity index (χ1v) is 14.2. The van der Waals surface area contributed by atoms with E-state index in [-0.39, 0.29) is 40.5 Å². The van der Waals surface area contributed by atoms with Crippen LogP contribution in [0.1, 0.15) is 86.5 Å². The van der Waals surface area contributed by atoms with Crippen molar-refractivity contribution in [1.29, 1.82) is 0 Å². The average Bonchev–Trinajstić information content (AvgIpc) is 2.87. The van der Waals surface area contributed by atoms with Gasteiger partial charge < -0.3 is 9.84 Å². The maximum Gasteiger partial charge on any atom is 0.312 e. The Morgan fingerprint density at radius 3 is 2.26 bits per heavy atom. The number of allylic oxidation sites excluding steroid dienone is 3. The normalized spacial score (nSPS) is 47.8. The number of hydrogen-bond acceptors (Lipinski definition) is 6. The first-order valence-electron chi connectivity index (χ1n) is 14.2. The van der Waals surface area contributed by atoms with Gasteiger partial charge in [-0.15, -0.1) is 0 Å². The van der Waals surface area contributed by atoms with Crippen LogP contribution < -0.4 is 0 Å².